The second kappa shape index (κ2) is 7.77. The summed E-state index contributed by atoms with van der Waals surface area (Å²) in [6, 6.07) is 4.13. The van der Waals surface area contributed by atoms with Crippen LogP contribution in [0.3, 0.4) is 0 Å². The van der Waals surface area contributed by atoms with Gasteiger partial charge in [0.05, 0.1) is 24.0 Å². The van der Waals surface area contributed by atoms with Gasteiger partial charge in [0.25, 0.3) is 0 Å². The van der Waals surface area contributed by atoms with Gasteiger partial charge in [-0.15, -0.1) is 4.80 Å². The number of rotatable bonds is 4. The van der Waals surface area contributed by atoms with E-state index >= 15 is 0 Å². The number of pyridine rings is 1. The molecule has 1 aliphatic heterocycles. The fraction of sp³-hybridized carbons (Fsp3) is 0.318. The molecule has 4 aromatic rings. The normalized spacial score (nSPS) is 18.9. The average Bonchev–Trinajstić information content (AvgIpc) is 3.44. The molecule has 0 unspecified atom stereocenters. The molecule has 8 nitrogen and oxygen atoms in total. The zero-order valence-electron chi connectivity index (χ0n) is 17.5. The van der Waals surface area contributed by atoms with Gasteiger partial charge in [-0.1, -0.05) is 0 Å². The van der Waals surface area contributed by atoms with Gasteiger partial charge < -0.3 is 9.32 Å². The third-order valence-electron chi connectivity index (χ3n) is 5.85. The summed E-state index contributed by atoms with van der Waals surface area (Å²) in [5.74, 6) is -1.59. The topological polar surface area (TPSA) is 89.9 Å². The Morgan fingerprint density at radius 3 is 2.59 bits per heavy atom. The van der Waals surface area contributed by atoms with Crippen LogP contribution in [-0.2, 0) is 0 Å². The molecule has 0 saturated carbocycles. The molecule has 1 aromatic carbocycles. The van der Waals surface area contributed by atoms with E-state index in [2.05, 4.69) is 32.0 Å². The number of piperidine rings is 1. The number of fused-ring (bicyclic) bond motifs is 1. The van der Waals surface area contributed by atoms with Gasteiger partial charge in [0.15, 0.2) is 29.4 Å². The predicted molar refractivity (Wildman–Crippen MR) is 112 cm³/mol. The maximum absolute atomic E-state index is 13.6. The Labute approximate surface area is 181 Å². The van der Waals surface area contributed by atoms with Gasteiger partial charge in [-0.25, -0.2) is 18.7 Å². The predicted octanol–water partition coefficient (Wildman–Crippen LogP) is 3.98. The van der Waals surface area contributed by atoms with Crippen molar-refractivity contribution in [3.8, 4) is 5.69 Å². The lowest BCUT2D eigenvalue weighted by Gasteiger charge is -2.39. The standard InChI is InChI=1S/C22H20F2N6O2/c1-12-7-19(21(18(11-31)27-12)30-25-5-6-26-30)29-10-14(4-3-13(29)2)22-28-17-8-15(23)16(24)9-20(17)32-22/h5-9,11,13-14H,3-4,10H2,1-2H3/t13-,14-/m1/s1. The van der Waals surface area contributed by atoms with E-state index in [1.54, 1.807) is 0 Å². The van der Waals surface area contributed by atoms with Crippen LogP contribution in [0.1, 0.15) is 47.8 Å². The Balaban J connectivity index is 1.56. The maximum atomic E-state index is 13.6. The molecule has 1 aliphatic rings. The lowest BCUT2D eigenvalue weighted by Crippen LogP contribution is -2.42. The van der Waals surface area contributed by atoms with Crippen LogP contribution in [0.25, 0.3) is 16.8 Å². The number of aryl methyl sites for hydroxylation is 1. The first-order valence-electron chi connectivity index (χ1n) is 10.3. The Morgan fingerprint density at radius 1 is 1.09 bits per heavy atom. The van der Waals surface area contributed by atoms with Crippen molar-refractivity contribution < 1.29 is 18.0 Å². The molecule has 10 heteroatoms. The smallest absolute Gasteiger partial charge is 0.200 e. The fourth-order valence-electron chi connectivity index (χ4n) is 4.27. The van der Waals surface area contributed by atoms with Gasteiger partial charge in [0.2, 0.25) is 0 Å². The van der Waals surface area contributed by atoms with Crippen LogP contribution in [0.15, 0.2) is 35.0 Å². The molecule has 0 N–H and O–H groups in total. The second-order valence-corrected chi connectivity index (χ2v) is 8.01. The monoisotopic (exact) mass is 438 g/mol. The van der Waals surface area contributed by atoms with Crippen molar-refractivity contribution in [2.24, 2.45) is 0 Å². The van der Waals surface area contributed by atoms with E-state index in [1.165, 1.54) is 17.2 Å². The number of anilines is 1. The van der Waals surface area contributed by atoms with Crippen molar-refractivity contribution >= 4 is 23.1 Å². The Morgan fingerprint density at radius 2 is 1.84 bits per heavy atom. The number of aromatic nitrogens is 5. The molecule has 32 heavy (non-hydrogen) atoms. The quantitative estimate of drug-likeness (QED) is 0.445. The van der Waals surface area contributed by atoms with Crippen molar-refractivity contribution in [2.45, 2.75) is 38.6 Å². The van der Waals surface area contributed by atoms with Gasteiger partial charge in [-0.3, -0.25) is 4.79 Å². The zero-order chi connectivity index (χ0) is 22.4. The van der Waals surface area contributed by atoms with E-state index in [4.69, 9.17) is 4.42 Å². The van der Waals surface area contributed by atoms with Gasteiger partial charge in [0.1, 0.15) is 16.9 Å². The lowest BCUT2D eigenvalue weighted by molar-refractivity contribution is 0.111. The highest BCUT2D eigenvalue weighted by molar-refractivity contribution is 5.84. The summed E-state index contributed by atoms with van der Waals surface area (Å²) < 4.78 is 33.0. The average molecular weight is 438 g/mol. The van der Waals surface area contributed by atoms with Crippen LogP contribution in [0.5, 0.6) is 0 Å². The fourth-order valence-corrected chi connectivity index (χ4v) is 4.27. The van der Waals surface area contributed by atoms with Crippen LogP contribution in [-0.4, -0.2) is 43.8 Å². The third kappa shape index (κ3) is 3.41. The summed E-state index contributed by atoms with van der Waals surface area (Å²) >= 11 is 0. The molecule has 5 rings (SSSR count). The van der Waals surface area contributed by atoms with Gasteiger partial charge in [-0.2, -0.15) is 10.2 Å². The highest BCUT2D eigenvalue weighted by atomic mass is 19.2. The molecular weight excluding hydrogens is 418 g/mol. The second-order valence-electron chi connectivity index (χ2n) is 8.01. The third-order valence-corrected chi connectivity index (χ3v) is 5.85. The minimum atomic E-state index is -0.968. The molecule has 4 heterocycles. The largest absolute Gasteiger partial charge is 0.440 e. The number of oxazole rings is 1. The number of carbonyl (C=O) groups excluding carboxylic acids is 1. The number of hydrogen-bond donors (Lipinski definition) is 0. The molecule has 3 aromatic heterocycles. The van der Waals surface area contributed by atoms with E-state index in [1.807, 2.05) is 13.0 Å². The van der Waals surface area contributed by atoms with E-state index < -0.39 is 11.6 Å². The first kappa shape index (κ1) is 20.2. The molecule has 0 amide bonds. The van der Waals surface area contributed by atoms with E-state index in [0.717, 1.165) is 30.7 Å². The lowest BCUT2D eigenvalue weighted by atomic mass is 9.92. The molecule has 1 fully saturated rings. The first-order chi connectivity index (χ1) is 15.4. The van der Waals surface area contributed by atoms with Gasteiger partial charge >= 0.3 is 0 Å². The maximum Gasteiger partial charge on any atom is 0.200 e. The summed E-state index contributed by atoms with van der Waals surface area (Å²) in [6.45, 7) is 4.46. The Bertz CT molecular complexity index is 1260. The summed E-state index contributed by atoms with van der Waals surface area (Å²) in [5, 5.41) is 8.41. The number of halogens is 2. The number of aldehydes is 1. The van der Waals surface area contributed by atoms with Crippen LogP contribution >= 0.6 is 0 Å². The molecule has 1 saturated heterocycles. The zero-order valence-corrected chi connectivity index (χ0v) is 17.5. The number of hydrogen-bond acceptors (Lipinski definition) is 7. The van der Waals surface area contributed by atoms with Crippen LogP contribution < -0.4 is 4.90 Å². The summed E-state index contributed by atoms with van der Waals surface area (Å²) in [7, 11) is 0. The Hall–Kier alpha value is -3.69. The molecular formula is C22H20F2N6O2. The minimum Gasteiger partial charge on any atom is -0.440 e. The van der Waals surface area contributed by atoms with Crippen LogP contribution in [0.4, 0.5) is 14.5 Å². The summed E-state index contributed by atoms with van der Waals surface area (Å²) in [5.41, 5.74) is 2.73. The molecule has 0 bridgehead atoms. The molecule has 164 valence electrons. The highest BCUT2D eigenvalue weighted by Crippen LogP contribution is 2.37. The number of nitrogens with zero attached hydrogens (tertiary/aromatic N) is 6. The SMILES string of the molecule is Cc1cc(N2C[C@H](c3nc4cc(F)c(F)cc4o3)CC[C@H]2C)c(-n2nccn2)c(C=O)n1. The van der Waals surface area contributed by atoms with Crippen molar-refractivity contribution in [3.63, 3.8) is 0 Å². The summed E-state index contributed by atoms with van der Waals surface area (Å²) in [6.07, 6.45) is 5.41. The van der Waals surface area contributed by atoms with Crippen LogP contribution in [0.2, 0.25) is 0 Å². The first-order valence-corrected chi connectivity index (χ1v) is 10.3. The van der Waals surface area contributed by atoms with Crippen LogP contribution in [0, 0.1) is 18.6 Å². The molecule has 2 atom stereocenters. The number of benzene rings is 1. The van der Waals surface area contributed by atoms with Crippen molar-refractivity contribution in [3.05, 3.63) is 59.5 Å². The molecule has 0 spiro atoms. The number of carbonyl (C=O) groups is 1. The molecule has 0 radical (unpaired) electrons. The van der Waals surface area contributed by atoms with E-state index in [9.17, 15) is 13.6 Å². The minimum absolute atomic E-state index is 0.101. The summed E-state index contributed by atoms with van der Waals surface area (Å²) in [4.78, 5) is 24.1. The van der Waals surface area contributed by atoms with Gasteiger partial charge in [0, 0.05) is 30.4 Å². The van der Waals surface area contributed by atoms with Crippen molar-refractivity contribution in [2.75, 3.05) is 11.4 Å². The molecule has 0 aliphatic carbocycles. The van der Waals surface area contributed by atoms with Crippen molar-refractivity contribution in [1.29, 1.82) is 0 Å². The van der Waals surface area contributed by atoms with Gasteiger partial charge in [-0.05, 0) is 32.8 Å². The van der Waals surface area contributed by atoms with E-state index in [-0.39, 0.29) is 28.8 Å². The highest BCUT2D eigenvalue weighted by Gasteiger charge is 2.32. The Kier molecular flexibility index (Phi) is 4.91. The van der Waals surface area contributed by atoms with Crippen molar-refractivity contribution in [1.82, 2.24) is 25.0 Å². The van der Waals surface area contributed by atoms with E-state index in [0.29, 0.717) is 30.1 Å².